The number of halogens is 1. The third-order valence-corrected chi connectivity index (χ3v) is 4.84. The summed E-state index contributed by atoms with van der Waals surface area (Å²) in [6.07, 6.45) is 1.21. The van der Waals surface area contributed by atoms with Crippen molar-refractivity contribution in [1.82, 2.24) is 4.98 Å². The summed E-state index contributed by atoms with van der Waals surface area (Å²) in [7, 11) is 0. The van der Waals surface area contributed by atoms with Crippen LogP contribution >= 0.6 is 0 Å². The van der Waals surface area contributed by atoms with Gasteiger partial charge in [-0.05, 0) is 43.4 Å². The summed E-state index contributed by atoms with van der Waals surface area (Å²) in [5.74, 6) is -1.38. The molecule has 28 heavy (non-hydrogen) atoms. The van der Waals surface area contributed by atoms with Crippen LogP contribution in [0.3, 0.4) is 0 Å². The van der Waals surface area contributed by atoms with Gasteiger partial charge in [-0.1, -0.05) is 61.9 Å². The first-order valence-corrected chi connectivity index (χ1v) is 9.44. The molecule has 0 bridgehead atoms. The van der Waals surface area contributed by atoms with Crippen molar-refractivity contribution in [2.75, 3.05) is 0 Å². The van der Waals surface area contributed by atoms with E-state index in [4.69, 9.17) is 4.98 Å². The molecule has 1 N–H and O–H groups in total. The number of hydrogen-bond acceptors (Lipinski definition) is 2. The van der Waals surface area contributed by atoms with Gasteiger partial charge in [-0.25, -0.2) is 9.18 Å². The van der Waals surface area contributed by atoms with Crippen LogP contribution in [-0.2, 0) is 12.8 Å². The summed E-state index contributed by atoms with van der Waals surface area (Å²) in [6.45, 7) is 6.00. The smallest absolute Gasteiger partial charge is 0.337 e. The highest BCUT2D eigenvalue weighted by atomic mass is 19.1. The molecule has 144 valence electrons. The average molecular weight is 377 g/mol. The van der Waals surface area contributed by atoms with Gasteiger partial charge in [0.1, 0.15) is 5.82 Å². The van der Waals surface area contributed by atoms with E-state index in [1.54, 1.807) is 24.3 Å². The third kappa shape index (κ3) is 4.28. The summed E-state index contributed by atoms with van der Waals surface area (Å²) in [5, 5.41) is 9.74. The standard InChI is InChI=1S/C24H24FNO2/c1-15(2)23-19(18-6-4-5-7-21(18)25)14-20(24(27)28)22(26-23)13-12-17-10-8-16(3)9-11-17/h4-11,14-15H,12-13H2,1-3H3,(H,27,28). The molecule has 0 fully saturated rings. The van der Waals surface area contributed by atoms with Gasteiger partial charge in [0.15, 0.2) is 0 Å². The molecule has 3 rings (SSSR count). The fourth-order valence-corrected chi connectivity index (χ4v) is 3.30. The summed E-state index contributed by atoms with van der Waals surface area (Å²) >= 11 is 0. The van der Waals surface area contributed by atoms with Crippen LogP contribution in [0.2, 0.25) is 0 Å². The first-order chi connectivity index (χ1) is 13.4. The number of carbonyl (C=O) groups is 1. The topological polar surface area (TPSA) is 50.2 Å². The van der Waals surface area contributed by atoms with Crippen LogP contribution in [0.1, 0.15) is 52.6 Å². The third-order valence-electron chi connectivity index (χ3n) is 4.84. The second kappa shape index (κ2) is 8.34. The van der Waals surface area contributed by atoms with E-state index >= 15 is 0 Å². The first-order valence-electron chi connectivity index (χ1n) is 9.44. The Hall–Kier alpha value is -3.01. The molecular formula is C24H24FNO2. The maximum atomic E-state index is 14.4. The average Bonchev–Trinajstić information content (AvgIpc) is 2.67. The first kappa shape index (κ1) is 19.7. The number of pyridine rings is 1. The second-order valence-electron chi connectivity index (χ2n) is 7.34. The van der Waals surface area contributed by atoms with E-state index in [2.05, 4.69) is 0 Å². The van der Waals surface area contributed by atoms with E-state index < -0.39 is 5.97 Å². The summed E-state index contributed by atoms with van der Waals surface area (Å²) in [6, 6.07) is 16.2. The predicted octanol–water partition coefficient (Wildman–Crippen LogP) is 5.80. The Bertz CT molecular complexity index is 994. The lowest BCUT2D eigenvalue weighted by Gasteiger charge is -2.17. The second-order valence-corrected chi connectivity index (χ2v) is 7.34. The zero-order valence-corrected chi connectivity index (χ0v) is 16.4. The lowest BCUT2D eigenvalue weighted by atomic mass is 9.93. The minimum absolute atomic E-state index is 0.0376. The van der Waals surface area contributed by atoms with Gasteiger partial charge in [-0.15, -0.1) is 0 Å². The quantitative estimate of drug-likeness (QED) is 0.590. The number of carboxylic acids is 1. The minimum Gasteiger partial charge on any atom is -0.478 e. The molecule has 0 aliphatic heterocycles. The van der Waals surface area contributed by atoms with Crippen molar-refractivity contribution in [1.29, 1.82) is 0 Å². The number of rotatable bonds is 6. The number of aryl methyl sites for hydroxylation is 3. The van der Waals surface area contributed by atoms with E-state index in [0.29, 0.717) is 35.4 Å². The fourth-order valence-electron chi connectivity index (χ4n) is 3.30. The van der Waals surface area contributed by atoms with Gasteiger partial charge in [0, 0.05) is 11.1 Å². The van der Waals surface area contributed by atoms with E-state index in [1.165, 1.54) is 11.6 Å². The molecule has 0 aliphatic carbocycles. The summed E-state index contributed by atoms with van der Waals surface area (Å²) < 4.78 is 14.4. The highest BCUT2D eigenvalue weighted by Crippen LogP contribution is 2.32. The molecule has 3 aromatic rings. The lowest BCUT2D eigenvalue weighted by Crippen LogP contribution is -2.11. The van der Waals surface area contributed by atoms with Crippen LogP contribution in [0.25, 0.3) is 11.1 Å². The van der Waals surface area contributed by atoms with E-state index in [0.717, 1.165) is 5.56 Å². The van der Waals surface area contributed by atoms with Crippen LogP contribution in [0.5, 0.6) is 0 Å². The Morgan fingerprint density at radius 1 is 1.04 bits per heavy atom. The highest BCUT2D eigenvalue weighted by Gasteiger charge is 2.20. The van der Waals surface area contributed by atoms with Gasteiger partial charge in [0.2, 0.25) is 0 Å². The van der Waals surface area contributed by atoms with Crippen LogP contribution < -0.4 is 0 Å². The van der Waals surface area contributed by atoms with E-state index in [-0.39, 0.29) is 17.3 Å². The van der Waals surface area contributed by atoms with Crippen molar-refractivity contribution in [2.45, 2.75) is 39.5 Å². The molecule has 0 aliphatic rings. The highest BCUT2D eigenvalue weighted by molar-refractivity contribution is 5.91. The lowest BCUT2D eigenvalue weighted by molar-refractivity contribution is 0.0695. The number of benzene rings is 2. The van der Waals surface area contributed by atoms with Crippen molar-refractivity contribution < 1.29 is 14.3 Å². The van der Waals surface area contributed by atoms with Crippen molar-refractivity contribution in [3.63, 3.8) is 0 Å². The Labute approximate surface area is 164 Å². The van der Waals surface area contributed by atoms with E-state index in [1.807, 2.05) is 45.0 Å². The molecule has 2 aromatic carbocycles. The number of nitrogens with zero attached hydrogens (tertiary/aromatic N) is 1. The maximum absolute atomic E-state index is 14.4. The van der Waals surface area contributed by atoms with Gasteiger partial charge >= 0.3 is 5.97 Å². The molecule has 4 heteroatoms. The molecule has 0 saturated heterocycles. The van der Waals surface area contributed by atoms with Gasteiger partial charge < -0.3 is 5.11 Å². The van der Waals surface area contributed by atoms with Gasteiger partial charge in [-0.3, -0.25) is 4.98 Å². The molecule has 0 saturated carbocycles. The Morgan fingerprint density at radius 2 is 1.71 bits per heavy atom. The number of aromatic carboxylic acids is 1. The van der Waals surface area contributed by atoms with Gasteiger partial charge in [0.25, 0.3) is 0 Å². The Balaban J connectivity index is 2.05. The molecule has 1 aromatic heterocycles. The number of aromatic nitrogens is 1. The van der Waals surface area contributed by atoms with Crippen LogP contribution in [0.15, 0.2) is 54.6 Å². The monoisotopic (exact) mass is 377 g/mol. The van der Waals surface area contributed by atoms with Crippen molar-refractivity contribution >= 4 is 5.97 Å². The Morgan fingerprint density at radius 3 is 2.32 bits per heavy atom. The summed E-state index contributed by atoms with van der Waals surface area (Å²) in [5.41, 5.74) is 4.63. The van der Waals surface area contributed by atoms with Crippen LogP contribution in [0, 0.1) is 12.7 Å². The zero-order valence-electron chi connectivity index (χ0n) is 16.4. The molecular weight excluding hydrogens is 353 g/mol. The molecule has 0 amide bonds. The fraction of sp³-hybridized carbons (Fsp3) is 0.250. The molecule has 3 nitrogen and oxygen atoms in total. The molecule has 0 radical (unpaired) electrons. The number of hydrogen-bond donors (Lipinski definition) is 1. The minimum atomic E-state index is -1.04. The van der Waals surface area contributed by atoms with Crippen LogP contribution in [-0.4, -0.2) is 16.1 Å². The maximum Gasteiger partial charge on any atom is 0.337 e. The van der Waals surface area contributed by atoms with E-state index in [9.17, 15) is 14.3 Å². The Kier molecular flexibility index (Phi) is 5.88. The molecule has 0 atom stereocenters. The van der Waals surface area contributed by atoms with Crippen molar-refractivity contribution in [3.8, 4) is 11.1 Å². The zero-order chi connectivity index (χ0) is 20.3. The largest absolute Gasteiger partial charge is 0.478 e. The number of carboxylic acid groups (broad SMARTS) is 1. The molecule has 0 spiro atoms. The van der Waals surface area contributed by atoms with Crippen molar-refractivity contribution in [3.05, 3.63) is 88.5 Å². The van der Waals surface area contributed by atoms with Crippen LogP contribution in [0.4, 0.5) is 4.39 Å². The van der Waals surface area contributed by atoms with Gasteiger partial charge in [-0.2, -0.15) is 0 Å². The van der Waals surface area contributed by atoms with Crippen molar-refractivity contribution in [2.24, 2.45) is 0 Å². The molecule has 1 heterocycles. The predicted molar refractivity (Wildman–Crippen MR) is 109 cm³/mol. The molecule has 0 unspecified atom stereocenters. The van der Waals surface area contributed by atoms with Gasteiger partial charge in [0.05, 0.1) is 17.0 Å². The SMILES string of the molecule is Cc1ccc(CCc2nc(C(C)C)c(-c3ccccc3F)cc2C(=O)O)cc1. The summed E-state index contributed by atoms with van der Waals surface area (Å²) in [4.78, 5) is 16.6. The normalized spacial score (nSPS) is 11.0.